The van der Waals surface area contributed by atoms with E-state index < -0.39 is 11.9 Å². The molecule has 1 heterocycles. The molecule has 0 saturated carbocycles. The van der Waals surface area contributed by atoms with Crippen molar-refractivity contribution in [1.29, 1.82) is 0 Å². The number of rotatable bonds is 4. The molecule has 0 bridgehead atoms. The standard InChI is InChI=1S/C16H14F4N/c1-11-5-7-14(17)13(9-11)4-2-3-12-6-8-15(21-10-12)16(18,19)20/h2,5-10H,3-4H2,1H3. The monoisotopic (exact) mass is 296 g/mol. The van der Waals surface area contributed by atoms with Crippen LogP contribution in [-0.4, -0.2) is 4.98 Å². The van der Waals surface area contributed by atoms with Crippen molar-refractivity contribution in [2.24, 2.45) is 0 Å². The minimum absolute atomic E-state index is 0.276. The number of alkyl halides is 3. The lowest BCUT2D eigenvalue weighted by molar-refractivity contribution is -0.141. The van der Waals surface area contributed by atoms with Crippen LogP contribution in [0.3, 0.4) is 0 Å². The van der Waals surface area contributed by atoms with Crippen LogP contribution in [0.1, 0.15) is 22.4 Å². The normalized spacial score (nSPS) is 11.7. The quantitative estimate of drug-likeness (QED) is 0.755. The molecule has 0 aliphatic carbocycles. The number of aryl methyl sites for hydroxylation is 1. The first-order valence-electron chi connectivity index (χ1n) is 6.45. The molecule has 5 heteroatoms. The van der Waals surface area contributed by atoms with Gasteiger partial charge in [-0.05, 0) is 49.4 Å². The zero-order valence-electron chi connectivity index (χ0n) is 11.4. The fourth-order valence-corrected chi connectivity index (χ4v) is 1.97. The summed E-state index contributed by atoms with van der Waals surface area (Å²) in [6.07, 6.45) is -0.534. The minimum Gasteiger partial charge on any atom is -0.252 e. The van der Waals surface area contributed by atoms with Gasteiger partial charge in [-0.2, -0.15) is 13.2 Å². The fraction of sp³-hybridized carbons (Fsp3) is 0.250. The molecule has 1 radical (unpaired) electrons. The third-order valence-corrected chi connectivity index (χ3v) is 3.06. The van der Waals surface area contributed by atoms with Crippen LogP contribution in [0.25, 0.3) is 0 Å². The molecule has 0 fully saturated rings. The van der Waals surface area contributed by atoms with Gasteiger partial charge in [0.2, 0.25) is 0 Å². The second-order valence-electron chi connectivity index (χ2n) is 4.84. The molecule has 1 aromatic heterocycles. The van der Waals surface area contributed by atoms with Crippen molar-refractivity contribution in [3.8, 4) is 0 Å². The molecule has 0 aliphatic rings. The molecule has 0 aliphatic heterocycles. The lowest BCUT2D eigenvalue weighted by atomic mass is 10.0. The van der Waals surface area contributed by atoms with Gasteiger partial charge in [-0.3, -0.25) is 4.98 Å². The van der Waals surface area contributed by atoms with E-state index in [1.54, 1.807) is 12.1 Å². The first-order valence-corrected chi connectivity index (χ1v) is 6.45. The summed E-state index contributed by atoms with van der Waals surface area (Å²) < 4.78 is 50.6. The van der Waals surface area contributed by atoms with Crippen molar-refractivity contribution in [1.82, 2.24) is 4.98 Å². The van der Waals surface area contributed by atoms with Crippen LogP contribution in [0, 0.1) is 19.2 Å². The van der Waals surface area contributed by atoms with Gasteiger partial charge in [0.1, 0.15) is 11.5 Å². The average Bonchev–Trinajstić information content (AvgIpc) is 2.42. The van der Waals surface area contributed by atoms with Gasteiger partial charge in [-0.1, -0.05) is 23.8 Å². The first-order chi connectivity index (χ1) is 9.86. The maximum Gasteiger partial charge on any atom is 0.433 e. The highest BCUT2D eigenvalue weighted by atomic mass is 19.4. The van der Waals surface area contributed by atoms with Crippen molar-refractivity contribution < 1.29 is 17.6 Å². The van der Waals surface area contributed by atoms with E-state index in [1.165, 1.54) is 18.3 Å². The molecular formula is C16H14F4N. The Kier molecular flexibility index (Phi) is 4.60. The number of hydrogen-bond acceptors (Lipinski definition) is 1. The van der Waals surface area contributed by atoms with Crippen LogP contribution in [-0.2, 0) is 19.0 Å². The molecule has 0 spiro atoms. The van der Waals surface area contributed by atoms with Crippen molar-refractivity contribution >= 4 is 0 Å². The Morgan fingerprint density at radius 1 is 1.10 bits per heavy atom. The fourth-order valence-electron chi connectivity index (χ4n) is 1.97. The Balaban J connectivity index is 1.93. The van der Waals surface area contributed by atoms with Crippen LogP contribution >= 0.6 is 0 Å². The van der Waals surface area contributed by atoms with E-state index in [1.807, 2.05) is 13.3 Å². The number of benzene rings is 1. The Morgan fingerprint density at radius 2 is 1.86 bits per heavy atom. The Bertz CT molecular complexity index is 603. The highest BCUT2D eigenvalue weighted by Crippen LogP contribution is 2.27. The van der Waals surface area contributed by atoms with Gasteiger partial charge in [0.15, 0.2) is 0 Å². The Hall–Kier alpha value is -1.91. The SMILES string of the molecule is Cc1ccc(F)c(C[CH]Cc2ccc(C(F)(F)F)nc2)c1. The Morgan fingerprint density at radius 3 is 2.48 bits per heavy atom. The molecule has 111 valence electrons. The van der Waals surface area contributed by atoms with E-state index in [4.69, 9.17) is 0 Å². The first kappa shape index (κ1) is 15.5. The van der Waals surface area contributed by atoms with Crippen LogP contribution in [0.15, 0.2) is 36.5 Å². The summed E-state index contributed by atoms with van der Waals surface area (Å²) in [6.45, 7) is 1.88. The van der Waals surface area contributed by atoms with Gasteiger partial charge in [0.05, 0.1) is 0 Å². The smallest absolute Gasteiger partial charge is 0.252 e. The van der Waals surface area contributed by atoms with Gasteiger partial charge in [-0.15, -0.1) is 0 Å². The van der Waals surface area contributed by atoms with E-state index in [-0.39, 0.29) is 5.82 Å². The molecule has 0 N–H and O–H groups in total. The van der Waals surface area contributed by atoms with Crippen LogP contribution in [0.4, 0.5) is 17.6 Å². The molecule has 0 atom stereocenters. The van der Waals surface area contributed by atoms with E-state index in [9.17, 15) is 17.6 Å². The van der Waals surface area contributed by atoms with Crippen LogP contribution < -0.4 is 0 Å². The van der Waals surface area contributed by atoms with Gasteiger partial charge >= 0.3 is 6.18 Å². The van der Waals surface area contributed by atoms with Gasteiger partial charge < -0.3 is 0 Å². The summed E-state index contributed by atoms with van der Waals surface area (Å²) in [5, 5.41) is 0. The van der Waals surface area contributed by atoms with Gasteiger partial charge in [0, 0.05) is 6.20 Å². The molecule has 2 rings (SSSR count). The number of halogens is 4. The summed E-state index contributed by atoms with van der Waals surface area (Å²) in [7, 11) is 0. The molecule has 2 aromatic rings. The van der Waals surface area contributed by atoms with Crippen molar-refractivity contribution in [3.05, 3.63) is 71.2 Å². The highest BCUT2D eigenvalue weighted by molar-refractivity contribution is 5.26. The summed E-state index contributed by atoms with van der Waals surface area (Å²) >= 11 is 0. The molecule has 0 saturated heterocycles. The molecule has 1 nitrogen and oxygen atoms in total. The number of aromatic nitrogens is 1. The third-order valence-electron chi connectivity index (χ3n) is 3.06. The van der Waals surface area contributed by atoms with Crippen molar-refractivity contribution in [2.75, 3.05) is 0 Å². The highest BCUT2D eigenvalue weighted by Gasteiger charge is 2.31. The minimum atomic E-state index is -4.42. The van der Waals surface area contributed by atoms with Gasteiger partial charge in [0.25, 0.3) is 0 Å². The summed E-state index contributed by atoms with van der Waals surface area (Å²) in [4.78, 5) is 3.39. The van der Waals surface area contributed by atoms with E-state index in [0.29, 0.717) is 24.0 Å². The molecule has 1 aromatic carbocycles. The van der Waals surface area contributed by atoms with Crippen LogP contribution in [0.2, 0.25) is 0 Å². The maximum absolute atomic E-state index is 13.5. The molecule has 21 heavy (non-hydrogen) atoms. The topological polar surface area (TPSA) is 12.9 Å². The van der Waals surface area contributed by atoms with E-state index in [2.05, 4.69) is 4.98 Å². The lowest BCUT2D eigenvalue weighted by Crippen LogP contribution is -2.07. The zero-order valence-corrected chi connectivity index (χ0v) is 11.4. The number of nitrogens with zero attached hydrogens (tertiary/aromatic N) is 1. The average molecular weight is 296 g/mol. The largest absolute Gasteiger partial charge is 0.433 e. The van der Waals surface area contributed by atoms with Crippen molar-refractivity contribution in [3.63, 3.8) is 0 Å². The molecule has 0 unspecified atom stereocenters. The van der Waals surface area contributed by atoms with Crippen molar-refractivity contribution in [2.45, 2.75) is 25.9 Å². The number of hydrogen-bond donors (Lipinski definition) is 0. The predicted octanol–water partition coefficient (Wildman–Crippen LogP) is 4.54. The second kappa shape index (κ2) is 6.24. The van der Waals surface area contributed by atoms with Gasteiger partial charge in [-0.25, -0.2) is 4.39 Å². The van der Waals surface area contributed by atoms with E-state index in [0.717, 1.165) is 11.6 Å². The predicted molar refractivity (Wildman–Crippen MR) is 72.1 cm³/mol. The zero-order chi connectivity index (χ0) is 15.5. The van der Waals surface area contributed by atoms with Crippen LogP contribution in [0.5, 0.6) is 0 Å². The number of pyridine rings is 1. The van der Waals surface area contributed by atoms with E-state index >= 15 is 0 Å². The molecule has 0 amide bonds. The second-order valence-corrected chi connectivity index (χ2v) is 4.84. The molecular weight excluding hydrogens is 282 g/mol. The third kappa shape index (κ3) is 4.28. The summed E-state index contributed by atoms with van der Waals surface area (Å²) in [5.41, 5.74) is 1.30. The summed E-state index contributed by atoms with van der Waals surface area (Å²) in [6, 6.07) is 7.21. The Labute approximate surface area is 120 Å². The summed E-state index contributed by atoms with van der Waals surface area (Å²) in [5.74, 6) is -0.276. The lowest BCUT2D eigenvalue weighted by Gasteiger charge is -2.07. The maximum atomic E-state index is 13.5.